The molecule has 372 valence electrons. The van der Waals surface area contributed by atoms with Crippen LogP contribution in [0.5, 0.6) is 11.5 Å². The van der Waals surface area contributed by atoms with Crippen LogP contribution < -0.4 is 14.5 Å². The van der Waals surface area contributed by atoms with E-state index in [0.29, 0.717) is 17.3 Å². The molecular formula is C64H62N7OPt-3. The van der Waals surface area contributed by atoms with Gasteiger partial charge in [-0.3, -0.25) is 0 Å². The van der Waals surface area contributed by atoms with Gasteiger partial charge in [-0.2, -0.15) is 18.8 Å². The van der Waals surface area contributed by atoms with Gasteiger partial charge in [-0.25, -0.2) is 19.9 Å². The molecule has 3 aliphatic rings. The minimum absolute atomic E-state index is 0. The van der Waals surface area contributed by atoms with Crippen LogP contribution in [0.1, 0.15) is 133 Å². The second kappa shape index (κ2) is 16.4. The molecule has 6 aromatic carbocycles. The molecule has 12 rings (SSSR count). The van der Waals surface area contributed by atoms with Gasteiger partial charge in [0.05, 0.1) is 0 Å². The van der Waals surface area contributed by atoms with Gasteiger partial charge in [0.2, 0.25) is 0 Å². The number of anilines is 3. The van der Waals surface area contributed by atoms with Gasteiger partial charge in [-0.1, -0.05) is 149 Å². The van der Waals surface area contributed by atoms with Gasteiger partial charge in [-0.05, 0) is 115 Å². The van der Waals surface area contributed by atoms with E-state index in [1.807, 2.05) is 12.3 Å². The molecule has 0 amide bonds. The topological polar surface area (TPSA) is 72.2 Å². The Kier molecular flexibility index (Phi) is 10.9. The number of hydrogen-bond acceptors (Lipinski definition) is 7. The van der Waals surface area contributed by atoms with Crippen LogP contribution in [0.15, 0.2) is 116 Å². The average Bonchev–Trinajstić information content (AvgIpc) is 3.95. The summed E-state index contributed by atoms with van der Waals surface area (Å²) in [5.41, 5.74) is 19.2. The van der Waals surface area contributed by atoms with Crippen molar-refractivity contribution in [2.24, 2.45) is 0 Å². The van der Waals surface area contributed by atoms with Crippen molar-refractivity contribution in [3.63, 3.8) is 0 Å². The van der Waals surface area contributed by atoms with Crippen molar-refractivity contribution >= 4 is 38.9 Å². The molecule has 0 fully saturated rings. The minimum atomic E-state index is -0.690. The monoisotopic (exact) mass is 1140 g/mol. The maximum absolute atomic E-state index is 7.00. The summed E-state index contributed by atoms with van der Waals surface area (Å²) < 4.78 is 9.16. The molecule has 9 aromatic rings. The summed E-state index contributed by atoms with van der Waals surface area (Å²) >= 11 is 0. The molecule has 1 aliphatic carbocycles. The summed E-state index contributed by atoms with van der Waals surface area (Å²) in [6.07, 6.45) is 4.87. The largest absolute Gasteiger partial charge is 0.509 e. The zero-order chi connectivity index (χ0) is 50.6. The average molecular weight is 1140 g/mol. The van der Waals surface area contributed by atoms with E-state index in [-0.39, 0.29) is 42.7 Å². The molecular weight excluding hydrogens is 1080 g/mol. The third kappa shape index (κ3) is 7.32. The van der Waals surface area contributed by atoms with E-state index < -0.39 is 5.41 Å². The zero-order valence-corrected chi connectivity index (χ0v) is 46.7. The van der Waals surface area contributed by atoms with Crippen molar-refractivity contribution in [2.75, 3.05) is 16.8 Å². The number of ether oxygens (including phenoxy) is 1. The predicted octanol–water partition coefficient (Wildman–Crippen LogP) is 15.3. The van der Waals surface area contributed by atoms with E-state index in [1.54, 1.807) is 0 Å². The molecule has 2 aliphatic heterocycles. The summed E-state index contributed by atoms with van der Waals surface area (Å²) in [5, 5.41) is 2.16. The molecule has 3 aromatic heterocycles. The Morgan fingerprint density at radius 3 is 1.84 bits per heavy atom. The van der Waals surface area contributed by atoms with Crippen LogP contribution in [0.25, 0.3) is 50.1 Å². The molecule has 9 heteroatoms. The van der Waals surface area contributed by atoms with Crippen LogP contribution in [0.4, 0.5) is 17.1 Å². The van der Waals surface area contributed by atoms with Gasteiger partial charge in [0.1, 0.15) is 18.5 Å². The van der Waals surface area contributed by atoms with Crippen LogP contribution in [0.3, 0.4) is 0 Å². The molecule has 0 unspecified atom stereocenters. The number of nitrogens with zero attached hydrogens (tertiary/aromatic N) is 7. The fourth-order valence-electron chi connectivity index (χ4n) is 11.8. The Balaban J connectivity index is 0.00000574. The molecule has 1 spiro atoms. The Morgan fingerprint density at radius 2 is 1.22 bits per heavy atom. The maximum Gasteiger partial charge on any atom is 0.164 e. The van der Waals surface area contributed by atoms with Crippen LogP contribution in [-0.2, 0) is 48.1 Å². The van der Waals surface area contributed by atoms with E-state index in [0.717, 1.165) is 50.1 Å². The first-order chi connectivity index (χ1) is 34.0. The van der Waals surface area contributed by atoms with Gasteiger partial charge < -0.3 is 19.1 Å². The van der Waals surface area contributed by atoms with Crippen LogP contribution >= 0.6 is 0 Å². The molecule has 0 N–H and O–H groups in total. The molecule has 0 saturated heterocycles. The first-order valence-electron chi connectivity index (χ1n) is 25.2. The Morgan fingerprint density at radius 1 is 0.603 bits per heavy atom. The van der Waals surface area contributed by atoms with Crippen LogP contribution in [0, 0.1) is 25.7 Å². The Bertz CT molecular complexity index is 3650. The smallest absolute Gasteiger partial charge is 0.164 e. The normalized spacial score (nSPS) is 14.6. The molecule has 5 heterocycles. The molecule has 0 saturated carbocycles. The summed E-state index contributed by atoms with van der Waals surface area (Å²) in [4.78, 5) is 22.4. The van der Waals surface area contributed by atoms with Gasteiger partial charge in [-0.15, -0.1) is 35.2 Å². The minimum Gasteiger partial charge on any atom is -0.509 e. The number of benzene rings is 6. The Hall–Kier alpha value is -6.63. The van der Waals surface area contributed by atoms with Gasteiger partial charge in [0, 0.05) is 66.6 Å². The van der Waals surface area contributed by atoms with Gasteiger partial charge in [0.15, 0.2) is 5.82 Å². The second-order valence-electron chi connectivity index (χ2n) is 24.4. The SMILES string of the molecule is Cc1cc(-n2c3[c-]c(Oc4[c-]c5c(cc4)C4(c6cccc7c6N5[CH-]N7C)c5c(cc(C(C)(C)C)cc5C(C)(C)C)-c5cc(C(C)(C)C)cc(C(C)(C)C)c54)ccc3c3ccccc32)ncc1-c1ncncn1.[Pt]. The fraction of sp³-hybridized carbons (Fsp3) is 0.297. The van der Waals surface area contributed by atoms with Crippen molar-refractivity contribution in [1.29, 1.82) is 0 Å². The first-order valence-corrected chi connectivity index (χ1v) is 25.2. The van der Waals surface area contributed by atoms with E-state index in [9.17, 15) is 0 Å². The maximum atomic E-state index is 7.00. The molecule has 0 radical (unpaired) electrons. The number of aryl methyl sites for hydroxylation is 1. The zero-order valence-electron chi connectivity index (χ0n) is 44.4. The number of rotatable bonds is 4. The number of para-hydroxylation sites is 2. The van der Waals surface area contributed by atoms with Gasteiger partial charge >= 0.3 is 0 Å². The third-order valence-electron chi connectivity index (χ3n) is 15.4. The van der Waals surface area contributed by atoms with Crippen molar-refractivity contribution < 1.29 is 25.8 Å². The van der Waals surface area contributed by atoms with Crippen molar-refractivity contribution in [3.05, 3.63) is 185 Å². The van der Waals surface area contributed by atoms with E-state index in [2.05, 4.69) is 236 Å². The number of pyridine rings is 1. The standard InChI is InChI=1S/C64H62N7O.Pt/c1-37-26-55(66-33-46(37)59-67-34-65-35-68-59)71-51-20-16-15-18-42(51)43-24-22-40(31-53(43)71)72-41-23-25-47-54(32-41)70-36-69(14)52-21-17-19-48(58(52)70)64(47)56-44(27-38(60(2,3)4)29-49(56)62(8,9)10)45-28-39(61(5,6)7)30-50(57(45)64)63(11,12)13;/h15-30,33-36H,1-14H3;/q-3;. The quantitative estimate of drug-likeness (QED) is 0.163. The summed E-state index contributed by atoms with van der Waals surface area (Å²) in [5.74, 6) is 2.55. The summed E-state index contributed by atoms with van der Waals surface area (Å²) in [6, 6.07) is 43.9. The molecule has 73 heavy (non-hydrogen) atoms. The fourth-order valence-corrected chi connectivity index (χ4v) is 11.8. The van der Waals surface area contributed by atoms with E-state index in [1.165, 1.54) is 74.0 Å². The van der Waals surface area contributed by atoms with Crippen molar-refractivity contribution in [2.45, 2.75) is 117 Å². The van der Waals surface area contributed by atoms with Crippen molar-refractivity contribution in [3.8, 4) is 39.8 Å². The number of aromatic nitrogens is 5. The third-order valence-corrected chi connectivity index (χ3v) is 15.4. The van der Waals surface area contributed by atoms with E-state index >= 15 is 0 Å². The Labute approximate surface area is 445 Å². The molecule has 8 nitrogen and oxygen atoms in total. The van der Waals surface area contributed by atoms with Crippen LogP contribution in [-0.4, -0.2) is 31.6 Å². The van der Waals surface area contributed by atoms with Crippen LogP contribution in [0.2, 0.25) is 0 Å². The summed E-state index contributed by atoms with van der Waals surface area (Å²) in [7, 11) is 2.16. The molecule has 0 atom stereocenters. The van der Waals surface area contributed by atoms with Gasteiger partial charge in [0.25, 0.3) is 0 Å². The second-order valence-corrected chi connectivity index (χ2v) is 24.4. The predicted molar refractivity (Wildman–Crippen MR) is 293 cm³/mol. The molecule has 0 bridgehead atoms. The van der Waals surface area contributed by atoms with E-state index in [4.69, 9.17) is 9.72 Å². The number of fused-ring (bicyclic) bond motifs is 12. The number of hydrogen-bond donors (Lipinski definition) is 0. The summed E-state index contributed by atoms with van der Waals surface area (Å²) in [6.45, 7) is 32.7. The first kappa shape index (κ1) is 48.6. The van der Waals surface area contributed by atoms with Crippen molar-refractivity contribution in [1.82, 2.24) is 24.5 Å².